The van der Waals surface area contributed by atoms with Crippen molar-refractivity contribution in [3.05, 3.63) is 22.7 Å². The quantitative estimate of drug-likeness (QED) is 0.803. The third-order valence-electron chi connectivity index (χ3n) is 2.70. The Bertz CT molecular complexity index is 437. The summed E-state index contributed by atoms with van der Waals surface area (Å²) in [7, 11) is 0. The minimum absolute atomic E-state index is 0.0729. The summed E-state index contributed by atoms with van der Waals surface area (Å²) in [5.41, 5.74) is 5.26. The molecule has 1 aromatic rings. The van der Waals surface area contributed by atoms with E-state index in [-0.39, 0.29) is 11.1 Å². The summed E-state index contributed by atoms with van der Waals surface area (Å²) in [4.78, 5) is 16.3. The molecule has 0 saturated heterocycles. The van der Waals surface area contributed by atoms with Gasteiger partial charge in [-0.25, -0.2) is 4.98 Å². The van der Waals surface area contributed by atoms with E-state index in [0.717, 1.165) is 6.42 Å². The minimum atomic E-state index is -0.224. The first kappa shape index (κ1) is 14.7. The predicted octanol–water partition coefficient (Wildman–Crippen LogP) is 1.44. The average molecular weight is 252 g/mol. The molecule has 0 aliphatic carbocycles. The Kier molecular flexibility index (Phi) is 4.90. The second-order valence-corrected chi connectivity index (χ2v) is 5.67. The van der Waals surface area contributed by atoms with E-state index in [0.29, 0.717) is 24.8 Å². The van der Waals surface area contributed by atoms with Crippen molar-refractivity contribution in [1.82, 2.24) is 9.55 Å². The van der Waals surface area contributed by atoms with Gasteiger partial charge in [-0.05, 0) is 32.7 Å². The average Bonchev–Trinajstić information content (AvgIpc) is 2.23. The zero-order valence-electron chi connectivity index (χ0n) is 11.7. The highest BCUT2D eigenvalue weighted by Crippen LogP contribution is 2.12. The van der Waals surface area contributed by atoms with Crippen LogP contribution in [0.5, 0.6) is 0 Å². The van der Waals surface area contributed by atoms with Gasteiger partial charge in [0.2, 0.25) is 0 Å². The van der Waals surface area contributed by atoms with Gasteiger partial charge < -0.3 is 15.6 Å². The van der Waals surface area contributed by atoms with Crippen LogP contribution in [0.1, 0.15) is 34.1 Å². The third kappa shape index (κ3) is 4.14. The first-order valence-corrected chi connectivity index (χ1v) is 6.39. The molecule has 1 aromatic heterocycles. The van der Waals surface area contributed by atoms with E-state index in [9.17, 15) is 4.79 Å². The standard InChI is InChI=1S/C13H24N4O/c1-10(2)9-17-8-7-15-11(12(17)18)16-13(3,4)5-6-14/h7-8,10H,5-6,9,14H2,1-4H3,(H,15,16). The van der Waals surface area contributed by atoms with Crippen LogP contribution in [0.4, 0.5) is 5.82 Å². The van der Waals surface area contributed by atoms with Gasteiger partial charge >= 0.3 is 0 Å². The van der Waals surface area contributed by atoms with Crippen LogP contribution in [0, 0.1) is 5.92 Å². The summed E-state index contributed by atoms with van der Waals surface area (Å²) >= 11 is 0. The summed E-state index contributed by atoms with van der Waals surface area (Å²) < 4.78 is 1.69. The molecule has 0 fully saturated rings. The van der Waals surface area contributed by atoms with Crippen molar-refractivity contribution < 1.29 is 0 Å². The maximum atomic E-state index is 12.2. The Balaban J connectivity index is 2.94. The van der Waals surface area contributed by atoms with Crippen LogP contribution in [-0.2, 0) is 6.54 Å². The highest BCUT2D eigenvalue weighted by atomic mass is 16.1. The van der Waals surface area contributed by atoms with Crippen LogP contribution in [0.15, 0.2) is 17.2 Å². The van der Waals surface area contributed by atoms with Crippen LogP contribution >= 0.6 is 0 Å². The number of nitrogens with one attached hydrogen (secondary N) is 1. The number of nitrogens with two attached hydrogens (primary N) is 1. The van der Waals surface area contributed by atoms with Gasteiger partial charge in [0, 0.05) is 24.5 Å². The molecule has 0 atom stereocenters. The van der Waals surface area contributed by atoms with Crippen molar-refractivity contribution in [3.63, 3.8) is 0 Å². The molecular formula is C13H24N4O. The highest BCUT2D eigenvalue weighted by Gasteiger charge is 2.19. The third-order valence-corrected chi connectivity index (χ3v) is 2.70. The van der Waals surface area contributed by atoms with Gasteiger partial charge in [0.1, 0.15) is 0 Å². The maximum Gasteiger partial charge on any atom is 0.293 e. The van der Waals surface area contributed by atoms with Crippen molar-refractivity contribution in [1.29, 1.82) is 0 Å². The molecule has 18 heavy (non-hydrogen) atoms. The molecular weight excluding hydrogens is 228 g/mol. The number of nitrogens with zero attached hydrogens (tertiary/aromatic N) is 2. The Labute approximate surface area is 108 Å². The van der Waals surface area contributed by atoms with Gasteiger partial charge in [-0.3, -0.25) is 4.79 Å². The van der Waals surface area contributed by atoms with Gasteiger partial charge in [-0.15, -0.1) is 0 Å². The number of aromatic nitrogens is 2. The van der Waals surface area contributed by atoms with Crippen LogP contribution in [0.3, 0.4) is 0 Å². The van der Waals surface area contributed by atoms with Crippen molar-refractivity contribution in [2.75, 3.05) is 11.9 Å². The summed E-state index contributed by atoms with van der Waals surface area (Å²) in [6.07, 6.45) is 4.17. The molecule has 0 spiro atoms. The normalized spacial score (nSPS) is 11.9. The number of hydrogen-bond acceptors (Lipinski definition) is 4. The molecule has 1 heterocycles. The fraction of sp³-hybridized carbons (Fsp3) is 0.692. The predicted molar refractivity (Wildman–Crippen MR) is 74.7 cm³/mol. The second kappa shape index (κ2) is 6.00. The molecule has 0 aliphatic heterocycles. The number of hydrogen-bond donors (Lipinski definition) is 2. The fourth-order valence-electron chi connectivity index (χ4n) is 1.81. The van der Waals surface area contributed by atoms with Gasteiger partial charge in [0.25, 0.3) is 5.56 Å². The Morgan fingerprint density at radius 1 is 1.50 bits per heavy atom. The van der Waals surface area contributed by atoms with Gasteiger partial charge in [-0.1, -0.05) is 13.8 Å². The molecule has 0 radical (unpaired) electrons. The zero-order chi connectivity index (χ0) is 13.8. The molecule has 0 unspecified atom stereocenters. The lowest BCUT2D eigenvalue weighted by Crippen LogP contribution is -2.37. The van der Waals surface area contributed by atoms with Crippen molar-refractivity contribution in [3.8, 4) is 0 Å². The van der Waals surface area contributed by atoms with Crippen molar-refractivity contribution >= 4 is 5.82 Å². The molecule has 0 aliphatic rings. The van der Waals surface area contributed by atoms with Crippen LogP contribution < -0.4 is 16.6 Å². The van der Waals surface area contributed by atoms with Gasteiger partial charge in [0.05, 0.1) is 0 Å². The van der Waals surface area contributed by atoms with Gasteiger partial charge in [-0.2, -0.15) is 0 Å². The summed E-state index contributed by atoms with van der Waals surface area (Å²) in [5.74, 6) is 0.826. The molecule has 0 aromatic carbocycles. The lowest BCUT2D eigenvalue weighted by Gasteiger charge is -2.26. The van der Waals surface area contributed by atoms with Crippen molar-refractivity contribution in [2.24, 2.45) is 11.7 Å². The minimum Gasteiger partial charge on any atom is -0.361 e. The van der Waals surface area contributed by atoms with Crippen LogP contribution in [0.2, 0.25) is 0 Å². The van der Waals surface area contributed by atoms with Crippen LogP contribution in [0.25, 0.3) is 0 Å². The number of anilines is 1. The molecule has 0 saturated carbocycles. The Hall–Kier alpha value is -1.36. The molecule has 5 nitrogen and oxygen atoms in total. The molecule has 1 rings (SSSR count). The first-order chi connectivity index (χ1) is 8.35. The SMILES string of the molecule is CC(C)Cn1ccnc(NC(C)(C)CCN)c1=O. The molecule has 5 heteroatoms. The molecule has 0 amide bonds. The van der Waals surface area contributed by atoms with E-state index in [2.05, 4.69) is 24.1 Å². The second-order valence-electron chi connectivity index (χ2n) is 5.67. The molecule has 0 bridgehead atoms. The van der Waals surface area contributed by atoms with E-state index >= 15 is 0 Å². The monoisotopic (exact) mass is 252 g/mol. The summed E-state index contributed by atoms with van der Waals surface area (Å²) in [6, 6.07) is 0. The first-order valence-electron chi connectivity index (χ1n) is 6.39. The van der Waals surface area contributed by atoms with E-state index in [1.807, 2.05) is 13.8 Å². The van der Waals surface area contributed by atoms with E-state index in [1.54, 1.807) is 17.0 Å². The van der Waals surface area contributed by atoms with E-state index < -0.39 is 0 Å². The lowest BCUT2D eigenvalue weighted by molar-refractivity contribution is 0.501. The summed E-state index contributed by atoms with van der Waals surface area (Å²) in [5, 5.41) is 3.18. The van der Waals surface area contributed by atoms with E-state index in [1.165, 1.54) is 0 Å². The Morgan fingerprint density at radius 3 is 2.72 bits per heavy atom. The topological polar surface area (TPSA) is 72.9 Å². The largest absolute Gasteiger partial charge is 0.361 e. The lowest BCUT2D eigenvalue weighted by atomic mass is 10.0. The highest BCUT2D eigenvalue weighted by molar-refractivity contribution is 5.34. The molecule has 3 N–H and O–H groups in total. The van der Waals surface area contributed by atoms with Crippen LogP contribution in [-0.4, -0.2) is 21.6 Å². The summed E-state index contributed by atoms with van der Waals surface area (Å²) in [6.45, 7) is 9.47. The zero-order valence-corrected chi connectivity index (χ0v) is 11.7. The maximum absolute atomic E-state index is 12.2. The fourth-order valence-corrected chi connectivity index (χ4v) is 1.81. The van der Waals surface area contributed by atoms with E-state index in [4.69, 9.17) is 5.73 Å². The Morgan fingerprint density at radius 2 is 2.17 bits per heavy atom. The van der Waals surface area contributed by atoms with Gasteiger partial charge in [0.15, 0.2) is 5.82 Å². The number of rotatable bonds is 6. The molecule has 102 valence electrons. The smallest absolute Gasteiger partial charge is 0.293 e. The van der Waals surface area contributed by atoms with Crippen molar-refractivity contribution in [2.45, 2.75) is 46.2 Å².